The second-order valence-electron chi connectivity index (χ2n) is 6.55. The molecule has 1 aliphatic carbocycles. The van der Waals surface area contributed by atoms with Gasteiger partial charge < -0.3 is 15.4 Å². The van der Waals surface area contributed by atoms with Crippen LogP contribution in [0, 0.1) is 5.92 Å². The molecule has 2 rings (SSSR count). The number of benzene rings is 1. The van der Waals surface area contributed by atoms with Crippen molar-refractivity contribution >= 4 is 29.9 Å². The molecule has 0 spiro atoms. The Labute approximate surface area is 163 Å². The number of guanidine groups is 1. The summed E-state index contributed by atoms with van der Waals surface area (Å²) < 4.78 is 5.14. The Morgan fingerprint density at radius 2 is 1.75 bits per heavy atom. The molecular weight excluding hydrogens is 413 g/mol. The molecule has 24 heavy (non-hydrogen) atoms. The van der Waals surface area contributed by atoms with Gasteiger partial charge in [0.2, 0.25) is 0 Å². The minimum Gasteiger partial charge on any atom is -0.380 e. The van der Waals surface area contributed by atoms with E-state index in [1.54, 1.807) is 7.11 Å². The van der Waals surface area contributed by atoms with E-state index in [1.807, 2.05) is 0 Å². The molecule has 0 aliphatic heterocycles. The first kappa shape index (κ1) is 21.2. The maximum absolute atomic E-state index is 5.14. The lowest BCUT2D eigenvalue weighted by molar-refractivity contribution is 0.185. The summed E-state index contributed by atoms with van der Waals surface area (Å²) >= 11 is 0. The zero-order chi connectivity index (χ0) is 16.5. The van der Waals surface area contributed by atoms with Crippen LogP contribution in [0.25, 0.3) is 0 Å². The monoisotopic (exact) mass is 445 g/mol. The highest BCUT2D eigenvalue weighted by Gasteiger charge is 2.18. The highest BCUT2D eigenvalue weighted by Crippen LogP contribution is 2.23. The van der Waals surface area contributed by atoms with Gasteiger partial charge in [-0.25, -0.2) is 4.99 Å². The van der Waals surface area contributed by atoms with Gasteiger partial charge in [0.25, 0.3) is 0 Å². The fraction of sp³-hybridized carbons (Fsp3) is 0.632. The Morgan fingerprint density at radius 3 is 2.33 bits per heavy atom. The quantitative estimate of drug-likeness (QED) is 0.394. The number of halogens is 1. The van der Waals surface area contributed by atoms with E-state index in [-0.39, 0.29) is 24.0 Å². The van der Waals surface area contributed by atoms with Crippen molar-refractivity contribution in [2.45, 2.75) is 58.7 Å². The molecule has 5 heteroatoms. The molecule has 0 heterocycles. The van der Waals surface area contributed by atoms with Crippen LogP contribution in [0.3, 0.4) is 0 Å². The molecule has 1 aromatic rings. The average molecular weight is 445 g/mol. The molecule has 0 radical (unpaired) electrons. The molecule has 0 atom stereocenters. The summed E-state index contributed by atoms with van der Waals surface area (Å²) in [6, 6.07) is 9.04. The minimum absolute atomic E-state index is 0. The van der Waals surface area contributed by atoms with Crippen LogP contribution in [0.5, 0.6) is 0 Å². The SMILES string of the molecule is CCNC(=NCc1ccc(COC)cc1)NC1CCC(C)CC1.I. The Balaban J connectivity index is 0.00000288. The van der Waals surface area contributed by atoms with Gasteiger partial charge in [-0.05, 0) is 49.7 Å². The predicted molar refractivity (Wildman–Crippen MR) is 112 cm³/mol. The number of rotatable bonds is 6. The summed E-state index contributed by atoms with van der Waals surface area (Å²) in [4.78, 5) is 4.74. The number of methoxy groups -OCH3 is 1. The summed E-state index contributed by atoms with van der Waals surface area (Å²) in [5.41, 5.74) is 2.42. The first-order chi connectivity index (χ1) is 11.2. The fourth-order valence-electron chi connectivity index (χ4n) is 3.00. The number of nitrogens with one attached hydrogen (secondary N) is 2. The van der Waals surface area contributed by atoms with E-state index in [0.29, 0.717) is 19.2 Å². The maximum Gasteiger partial charge on any atom is 0.191 e. The van der Waals surface area contributed by atoms with Gasteiger partial charge in [-0.3, -0.25) is 0 Å². The zero-order valence-electron chi connectivity index (χ0n) is 15.2. The number of hydrogen-bond donors (Lipinski definition) is 2. The number of aliphatic imine (C=N–C) groups is 1. The highest BCUT2D eigenvalue weighted by atomic mass is 127. The summed E-state index contributed by atoms with van der Waals surface area (Å²) in [5, 5.41) is 6.96. The third-order valence-electron chi connectivity index (χ3n) is 4.45. The molecule has 1 saturated carbocycles. The van der Waals surface area contributed by atoms with E-state index < -0.39 is 0 Å². The van der Waals surface area contributed by atoms with Crippen LogP contribution in [0.1, 0.15) is 50.7 Å². The predicted octanol–water partition coefficient (Wildman–Crippen LogP) is 4.08. The fourth-order valence-corrected chi connectivity index (χ4v) is 3.00. The van der Waals surface area contributed by atoms with Crippen LogP contribution in [-0.2, 0) is 17.9 Å². The van der Waals surface area contributed by atoms with E-state index in [1.165, 1.54) is 36.8 Å². The Kier molecular flexibility index (Phi) is 10.3. The van der Waals surface area contributed by atoms with Gasteiger partial charge in [0.1, 0.15) is 0 Å². The third-order valence-corrected chi connectivity index (χ3v) is 4.45. The minimum atomic E-state index is 0. The van der Waals surface area contributed by atoms with Crippen molar-refractivity contribution in [3.63, 3.8) is 0 Å². The van der Waals surface area contributed by atoms with Gasteiger partial charge in [0.05, 0.1) is 13.2 Å². The van der Waals surface area contributed by atoms with Crippen molar-refractivity contribution in [2.24, 2.45) is 10.9 Å². The van der Waals surface area contributed by atoms with E-state index in [9.17, 15) is 0 Å². The molecule has 0 aromatic heterocycles. The second-order valence-corrected chi connectivity index (χ2v) is 6.55. The molecule has 2 N–H and O–H groups in total. The molecule has 0 bridgehead atoms. The Bertz CT molecular complexity index is 482. The normalized spacial score (nSPS) is 21.0. The van der Waals surface area contributed by atoms with Crippen molar-refractivity contribution in [3.05, 3.63) is 35.4 Å². The molecule has 1 aromatic carbocycles. The topological polar surface area (TPSA) is 45.7 Å². The van der Waals surface area contributed by atoms with E-state index in [4.69, 9.17) is 9.73 Å². The van der Waals surface area contributed by atoms with E-state index >= 15 is 0 Å². The van der Waals surface area contributed by atoms with Crippen LogP contribution in [0.2, 0.25) is 0 Å². The van der Waals surface area contributed by atoms with E-state index in [2.05, 4.69) is 48.7 Å². The zero-order valence-corrected chi connectivity index (χ0v) is 17.5. The lowest BCUT2D eigenvalue weighted by atomic mass is 9.87. The maximum atomic E-state index is 5.14. The summed E-state index contributed by atoms with van der Waals surface area (Å²) in [6.07, 6.45) is 5.13. The van der Waals surface area contributed by atoms with Gasteiger partial charge in [0.15, 0.2) is 5.96 Å². The van der Waals surface area contributed by atoms with Crippen LogP contribution >= 0.6 is 24.0 Å². The first-order valence-electron chi connectivity index (χ1n) is 8.82. The van der Waals surface area contributed by atoms with Gasteiger partial charge in [-0.2, -0.15) is 0 Å². The van der Waals surface area contributed by atoms with Gasteiger partial charge in [-0.1, -0.05) is 31.2 Å². The standard InChI is InChI=1S/C19H31N3O.HI/c1-4-20-19(22-18-11-5-15(2)6-12-18)21-13-16-7-9-17(10-8-16)14-23-3;/h7-10,15,18H,4-6,11-14H2,1-3H3,(H2,20,21,22);1H. The molecular formula is C19H32IN3O. The number of hydrogen-bond acceptors (Lipinski definition) is 2. The Morgan fingerprint density at radius 1 is 1.12 bits per heavy atom. The van der Waals surface area contributed by atoms with Crippen molar-refractivity contribution in [2.75, 3.05) is 13.7 Å². The molecule has 1 aliphatic rings. The van der Waals surface area contributed by atoms with Crippen LogP contribution < -0.4 is 10.6 Å². The first-order valence-corrected chi connectivity index (χ1v) is 8.82. The molecule has 4 nitrogen and oxygen atoms in total. The van der Waals surface area contributed by atoms with Crippen molar-refractivity contribution in [3.8, 4) is 0 Å². The number of ether oxygens (including phenoxy) is 1. The highest BCUT2D eigenvalue weighted by molar-refractivity contribution is 14.0. The molecule has 0 amide bonds. The van der Waals surface area contributed by atoms with Crippen molar-refractivity contribution in [1.29, 1.82) is 0 Å². The average Bonchev–Trinajstić information content (AvgIpc) is 2.56. The second kappa shape index (κ2) is 11.7. The summed E-state index contributed by atoms with van der Waals surface area (Å²) in [7, 11) is 1.72. The van der Waals surface area contributed by atoms with Gasteiger partial charge >= 0.3 is 0 Å². The number of nitrogens with zero attached hydrogens (tertiary/aromatic N) is 1. The lowest BCUT2D eigenvalue weighted by Crippen LogP contribution is -2.44. The van der Waals surface area contributed by atoms with E-state index in [0.717, 1.165) is 18.4 Å². The molecule has 0 saturated heterocycles. The van der Waals surface area contributed by atoms with Gasteiger partial charge in [-0.15, -0.1) is 24.0 Å². The van der Waals surface area contributed by atoms with Crippen molar-refractivity contribution in [1.82, 2.24) is 10.6 Å². The molecule has 0 unspecified atom stereocenters. The third kappa shape index (κ3) is 7.38. The smallest absolute Gasteiger partial charge is 0.191 e. The van der Waals surface area contributed by atoms with Gasteiger partial charge in [0, 0.05) is 19.7 Å². The van der Waals surface area contributed by atoms with Crippen LogP contribution in [0.15, 0.2) is 29.3 Å². The lowest BCUT2D eigenvalue weighted by Gasteiger charge is -2.28. The molecule has 1 fully saturated rings. The van der Waals surface area contributed by atoms with Crippen LogP contribution in [-0.4, -0.2) is 25.7 Å². The molecule has 136 valence electrons. The van der Waals surface area contributed by atoms with Crippen molar-refractivity contribution < 1.29 is 4.74 Å². The Hall–Kier alpha value is -0.820. The largest absolute Gasteiger partial charge is 0.380 e. The van der Waals surface area contributed by atoms with Crippen LogP contribution in [0.4, 0.5) is 0 Å². The summed E-state index contributed by atoms with van der Waals surface area (Å²) in [6.45, 7) is 6.71. The summed E-state index contributed by atoms with van der Waals surface area (Å²) in [5.74, 6) is 1.81.